The van der Waals surface area contributed by atoms with Crippen molar-refractivity contribution in [3.05, 3.63) is 29.0 Å². The van der Waals surface area contributed by atoms with Gasteiger partial charge in [0.05, 0.1) is 18.4 Å². The Hall–Kier alpha value is -1.17. The molecule has 5 heteroatoms. The number of furan rings is 1. The standard InChI is InChI=1S/C14H18N2O2S/c1-10-3-4-13(18-10)14-15-12(9-19-14)8-16-5-6-17-11(2)7-16/h3-4,9,11H,5-8H2,1-2H3. The summed E-state index contributed by atoms with van der Waals surface area (Å²) < 4.78 is 11.2. The van der Waals surface area contributed by atoms with Crippen LogP contribution in [0.25, 0.3) is 10.8 Å². The van der Waals surface area contributed by atoms with E-state index in [0.717, 1.165) is 48.5 Å². The monoisotopic (exact) mass is 278 g/mol. The van der Waals surface area contributed by atoms with Gasteiger partial charge < -0.3 is 9.15 Å². The summed E-state index contributed by atoms with van der Waals surface area (Å²) in [5.74, 6) is 1.79. The highest BCUT2D eigenvalue weighted by atomic mass is 32.1. The Kier molecular flexibility index (Phi) is 3.68. The first-order valence-corrected chi connectivity index (χ1v) is 7.44. The third-order valence-electron chi connectivity index (χ3n) is 3.21. The minimum atomic E-state index is 0.319. The molecule has 0 aliphatic carbocycles. The molecule has 3 rings (SSSR count). The van der Waals surface area contributed by atoms with Crippen LogP contribution in [-0.2, 0) is 11.3 Å². The zero-order valence-electron chi connectivity index (χ0n) is 11.3. The molecule has 0 saturated carbocycles. The van der Waals surface area contributed by atoms with Crippen LogP contribution < -0.4 is 0 Å². The Labute approximate surface area is 117 Å². The molecule has 0 bridgehead atoms. The molecule has 1 fully saturated rings. The third-order valence-corrected chi connectivity index (χ3v) is 4.12. The van der Waals surface area contributed by atoms with Crippen LogP contribution in [0.4, 0.5) is 0 Å². The lowest BCUT2D eigenvalue weighted by molar-refractivity contribution is -0.0215. The van der Waals surface area contributed by atoms with E-state index < -0.39 is 0 Å². The normalized spacial score (nSPS) is 20.8. The Balaban J connectivity index is 1.68. The lowest BCUT2D eigenvalue weighted by atomic mass is 10.3. The molecule has 3 heterocycles. The molecule has 1 atom stereocenters. The Morgan fingerprint density at radius 3 is 3.11 bits per heavy atom. The quantitative estimate of drug-likeness (QED) is 0.865. The van der Waals surface area contributed by atoms with E-state index in [-0.39, 0.29) is 0 Å². The second kappa shape index (κ2) is 5.45. The Bertz CT molecular complexity index is 549. The van der Waals surface area contributed by atoms with Crippen LogP contribution in [0.5, 0.6) is 0 Å². The zero-order valence-corrected chi connectivity index (χ0v) is 12.1. The maximum absolute atomic E-state index is 5.60. The smallest absolute Gasteiger partial charge is 0.162 e. The van der Waals surface area contributed by atoms with Crippen molar-refractivity contribution >= 4 is 11.3 Å². The first kappa shape index (κ1) is 12.8. The van der Waals surface area contributed by atoms with Crippen LogP contribution in [0.15, 0.2) is 21.9 Å². The minimum Gasteiger partial charge on any atom is -0.459 e. The Morgan fingerprint density at radius 1 is 1.47 bits per heavy atom. The highest BCUT2D eigenvalue weighted by Gasteiger charge is 2.18. The largest absolute Gasteiger partial charge is 0.459 e. The van der Waals surface area contributed by atoms with Gasteiger partial charge in [-0.15, -0.1) is 11.3 Å². The molecule has 1 aliphatic heterocycles. The van der Waals surface area contributed by atoms with Crippen LogP contribution in [0.3, 0.4) is 0 Å². The van der Waals surface area contributed by atoms with Crippen molar-refractivity contribution in [3.8, 4) is 10.8 Å². The summed E-state index contributed by atoms with van der Waals surface area (Å²) >= 11 is 1.64. The van der Waals surface area contributed by atoms with E-state index in [1.165, 1.54) is 0 Å². The number of nitrogens with zero attached hydrogens (tertiary/aromatic N) is 2. The second-order valence-corrected chi connectivity index (χ2v) is 5.83. The van der Waals surface area contributed by atoms with Gasteiger partial charge in [0.25, 0.3) is 0 Å². The van der Waals surface area contributed by atoms with Gasteiger partial charge >= 0.3 is 0 Å². The lowest BCUT2D eigenvalue weighted by Gasteiger charge is -2.30. The summed E-state index contributed by atoms with van der Waals surface area (Å²) in [4.78, 5) is 7.04. The highest BCUT2D eigenvalue weighted by Crippen LogP contribution is 2.26. The maximum Gasteiger partial charge on any atom is 0.162 e. The van der Waals surface area contributed by atoms with Gasteiger partial charge in [0.2, 0.25) is 0 Å². The van der Waals surface area contributed by atoms with Gasteiger partial charge in [-0.3, -0.25) is 4.90 Å². The van der Waals surface area contributed by atoms with Gasteiger partial charge in [0, 0.05) is 25.0 Å². The summed E-state index contributed by atoms with van der Waals surface area (Å²) in [6.45, 7) is 7.74. The van der Waals surface area contributed by atoms with Gasteiger partial charge in [-0.1, -0.05) is 0 Å². The summed E-state index contributed by atoms with van der Waals surface area (Å²) in [6.07, 6.45) is 0.319. The van der Waals surface area contributed by atoms with Crippen molar-refractivity contribution in [2.24, 2.45) is 0 Å². The number of hydrogen-bond acceptors (Lipinski definition) is 5. The van der Waals surface area contributed by atoms with Gasteiger partial charge in [-0.25, -0.2) is 4.98 Å². The van der Waals surface area contributed by atoms with Crippen molar-refractivity contribution in [1.82, 2.24) is 9.88 Å². The molecule has 4 nitrogen and oxygen atoms in total. The van der Waals surface area contributed by atoms with E-state index in [1.54, 1.807) is 11.3 Å². The molecule has 0 aromatic carbocycles. The van der Waals surface area contributed by atoms with Crippen LogP contribution in [0.2, 0.25) is 0 Å². The number of morpholine rings is 1. The molecular weight excluding hydrogens is 260 g/mol. The zero-order chi connectivity index (χ0) is 13.2. The molecule has 0 spiro atoms. The molecule has 1 unspecified atom stereocenters. The molecule has 2 aromatic rings. The topological polar surface area (TPSA) is 38.5 Å². The molecule has 1 aliphatic rings. The number of aromatic nitrogens is 1. The SMILES string of the molecule is Cc1ccc(-c2nc(CN3CCOC(C)C3)cs2)o1. The van der Waals surface area contributed by atoms with E-state index in [2.05, 4.69) is 22.2 Å². The fourth-order valence-electron chi connectivity index (χ4n) is 2.31. The predicted molar refractivity (Wildman–Crippen MR) is 75.2 cm³/mol. The van der Waals surface area contributed by atoms with E-state index in [4.69, 9.17) is 9.15 Å². The van der Waals surface area contributed by atoms with Crippen LogP contribution in [0, 0.1) is 6.92 Å². The Morgan fingerprint density at radius 2 is 2.37 bits per heavy atom. The maximum atomic E-state index is 5.60. The van der Waals surface area contributed by atoms with E-state index in [0.29, 0.717) is 6.10 Å². The van der Waals surface area contributed by atoms with Gasteiger partial charge in [0.1, 0.15) is 5.76 Å². The van der Waals surface area contributed by atoms with Gasteiger partial charge in [-0.2, -0.15) is 0 Å². The minimum absolute atomic E-state index is 0.319. The van der Waals surface area contributed by atoms with Gasteiger partial charge in [0.15, 0.2) is 10.8 Å². The molecule has 0 N–H and O–H groups in total. The van der Waals surface area contributed by atoms with E-state index in [9.17, 15) is 0 Å². The van der Waals surface area contributed by atoms with Crippen LogP contribution in [-0.4, -0.2) is 35.7 Å². The predicted octanol–water partition coefficient (Wildman–Crippen LogP) is 2.93. The lowest BCUT2D eigenvalue weighted by Crippen LogP contribution is -2.40. The molecular formula is C14H18N2O2S. The van der Waals surface area contributed by atoms with Crippen LogP contribution in [0.1, 0.15) is 18.4 Å². The number of rotatable bonds is 3. The third kappa shape index (κ3) is 3.05. The number of aryl methyl sites for hydroxylation is 1. The average molecular weight is 278 g/mol. The van der Waals surface area contributed by atoms with Crippen LogP contribution >= 0.6 is 11.3 Å². The molecule has 2 aromatic heterocycles. The molecule has 0 amide bonds. The summed E-state index contributed by atoms with van der Waals surface area (Å²) in [6, 6.07) is 3.95. The molecule has 1 saturated heterocycles. The number of thiazole rings is 1. The molecule has 19 heavy (non-hydrogen) atoms. The second-order valence-electron chi connectivity index (χ2n) is 4.97. The molecule has 102 valence electrons. The van der Waals surface area contributed by atoms with Crippen molar-refractivity contribution in [3.63, 3.8) is 0 Å². The van der Waals surface area contributed by atoms with Crippen molar-refractivity contribution < 1.29 is 9.15 Å². The first-order valence-electron chi connectivity index (χ1n) is 6.56. The summed E-state index contributed by atoms with van der Waals surface area (Å²) in [5.41, 5.74) is 1.11. The van der Waals surface area contributed by atoms with Crippen molar-refractivity contribution in [2.75, 3.05) is 19.7 Å². The highest BCUT2D eigenvalue weighted by molar-refractivity contribution is 7.13. The average Bonchev–Trinajstić information content (AvgIpc) is 2.98. The summed E-state index contributed by atoms with van der Waals surface area (Å²) in [5, 5.41) is 3.08. The fourth-order valence-corrected chi connectivity index (χ4v) is 3.08. The first-order chi connectivity index (χ1) is 9.20. The number of ether oxygens (including phenoxy) is 1. The van der Waals surface area contributed by atoms with Crippen molar-refractivity contribution in [2.45, 2.75) is 26.5 Å². The number of hydrogen-bond donors (Lipinski definition) is 0. The van der Waals surface area contributed by atoms with Crippen molar-refractivity contribution in [1.29, 1.82) is 0 Å². The summed E-state index contributed by atoms with van der Waals surface area (Å²) in [7, 11) is 0. The van der Waals surface area contributed by atoms with Gasteiger partial charge in [-0.05, 0) is 26.0 Å². The van der Waals surface area contributed by atoms with E-state index in [1.807, 2.05) is 19.1 Å². The fraction of sp³-hybridized carbons (Fsp3) is 0.500. The van der Waals surface area contributed by atoms with E-state index >= 15 is 0 Å². The molecule has 0 radical (unpaired) electrons.